The van der Waals surface area contributed by atoms with Crippen molar-refractivity contribution >= 4 is 29.9 Å². The summed E-state index contributed by atoms with van der Waals surface area (Å²) in [6.07, 6.45) is 0. The Kier molecular flexibility index (Phi) is 4.57. The minimum atomic E-state index is -0.711. The lowest BCUT2D eigenvalue weighted by molar-refractivity contribution is 0.00578. The van der Waals surface area contributed by atoms with Crippen LogP contribution in [0.1, 0.15) is 38.1 Å². The quantitative estimate of drug-likeness (QED) is 0.610. The number of ether oxygens (including phenoxy) is 2. The van der Waals surface area contributed by atoms with E-state index < -0.39 is 24.3 Å². The topological polar surface area (TPSA) is 79.8 Å². The smallest absolute Gasteiger partial charge is 0.465 e. The molecule has 3 rings (SSSR count). The lowest BCUT2D eigenvalue weighted by Gasteiger charge is -2.32. The molecule has 0 unspecified atom stereocenters. The summed E-state index contributed by atoms with van der Waals surface area (Å²) < 4.78 is 22.7. The Morgan fingerprint density at radius 3 is 2.44 bits per heavy atom. The number of nitrogens with zero attached hydrogens (tertiary/aromatic N) is 2. The molecule has 0 aliphatic carbocycles. The molecule has 1 aromatic carbocycles. The first-order chi connectivity index (χ1) is 11.7. The van der Waals surface area contributed by atoms with Crippen molar-refractivity contribution in [2.45, 2.75) is 38.9 Å². The molecule has 0 spiro atoms. The van der Waals surface area contributed by atoms with Gasteiger partial charge in [-0.25, -0.2) is 4.79 Å². The zero-order chi connectivity index (χ0) is 18.2. The molecule has 0 saturated carbocycles. The third-order valence-electron chi connectivity index (χ3n) is 4.48. The van der Waals surface area contributed by atoms with Gasteiger partial charge in [0.25, 0.3) is 5.19 Å². The van der Waals surface area contributed by atoms with Gasteiger partial charge in [-0.15, -0.1) is 5.10 Å². The summed E-state index contributed by atoms with van der Waals surface area (Å²) >= 11 is 1.27. The molecule has 132 valence electrons. The monoisotopic (exact) mass is 362 g/mol. The Labute approximate surface area is 150 Å². The van der Waals surface area contributed by atoms with E-state index in [0.717, 1.165) is 0 Å². The maximum Gasteiger partial charge on any atom is 0.495 e. The zero-order valence-corrected chi connectivity index (χ0v) is 15.5. The van der Waals surface area contributed by atoms with Gasteiger partial charge >= 0.3 is 13.1 Å². The number of rotatable bonds is 4. The molecule has 0 radical (unpaired) electrons. The van der Waals surface area contributed by atoms with E-state index in [1.54, 1.807) is 23.7 Å². The van der Waals surface area contributed by atoms with E-state index in [-0.39, 0.29) is 0 Å². The fraction of sp³-hybridized carbons (Fsp3) is 0.438. The summed E-state index contributed by atoms with van der Waals surface area (Å²) in [4.78, 5) is 12.1. The van der Waals surface area contributed by atoms with Crippen molar-refractivity contribution in [1.82, 2.24) is 10.2 Å². The summed E-state index contributed by atoms with van der Waals surface area (Å²) in [7, 11) is 0.624. The van der Waals surface area contributed by atoms with Crippen molar-refractivity contribution in [3.8, 4) is 10.9 Å². The number of esters is 1. The van der Waals surface area contributed by atoms with Gasteiger partial charge in [0.05, 0.1) is 23.9 Å². The number of hydrogen-bond donors (Lipinski definition) is 0. The molecule has 0 amide bonds. The van der Waals surface area contributed by atoms with E-state index in [0.29, 0.717) is 22.0 Å². The predicted octanol–water partition coefficient (Wildman–Crippen LogP) is 2.42. The minimum Gasteiger partial charge on any atom is -0.465 e. The van der Waals surface area contributed by atoms with Gasteiger partial charge in [-0.2, -0.15) is 0 Å². The first-order valence-electron chi connectivity index (χ1n) is 7.75. The summed E-state index contributed by atoms with van der Waals surface area (Å²) in [6, 6.07) is 5.00. The standard InChI is InChI=1S/C16H19BN2O5S/c1-15(2)16(3,4)24-17(23-15)12-8-10(22-14-19-18-9-25-14)6-7-11(12)13(20)21-5/h6-9H,1-5H3. The number of carbonyl (C=O) groups is 1. The molecule has 7 nitrogen and oxygen atoms in total. The van der Waals surface area contributed by atoms with Crippen LogP contribution in [0.5, 0.6) is 10.9 Å². The summed E-state index contributed by atoms with van der Waals surface area (Å²) in [5.74, 6) is 0.0429. The fourth-order valence-corrected chi connectivity index (χ4v) is 2.80. The summed E-state index contributed by atoms with van der Waals surface area (Å²) in [5.41, 5.74) is 1.44. The van der Waals surface area contributed by atoms with E-state index >= 15 is 0 Å². The molecule has 1 aliphatic heterocycles. The molecule has 0 N–H and O–H groups in total. The predicted molar refractivity (Wildman–Crippen MR) is 93.5 cm³/mol. The van der Waals surface area contributed by atoms with Gasteiger partial charge in [0, 0.05) is 5.46 Å². The molecule has 2 heterocycles. The molecule has 1 aliphatic rings. The van der Waals surface area contributed by atoms with Crippen molar-refractivity contribution in [3.63, 3.8) is 0 Å². The average Bonchev–Trinajstić information content (AvgIpc) is 3.12. The summed E-state index contributed by atoms with van der Waals surface area (Å²) in [5, 5.41) is 7.99. The lowest BCUT2D eigenvalue weighted by atomic mass is 9.75. The number of benzene rings is 1. The van der Waals surface area contributed by atoms with Crippen LogP contribution in [-0.4, -0.2) is 41.6 Å². The van der Waals surface area contributed by atoms with E-state index in [1.807, 2.05) is 27.7 Å². The molecular formula is C16H19BN2O5S. The maximum atomic E-state index is 12.1. The van der Waals surface area contributed by atoms with Crippen LogP contribution in [0.2, 0.25) is 0 Å². The second-order valence-electron chi connectivity index (χ2n) is 6.64. The van der Waals surface area contributed by atoms with E-state index in [2.05, 4.69) is 10.2 Å². The van der Waals surface area contributed by atoms with Gasteiger partial charge < -0.3 is 18.8 Å². The molecule has 1 fully saturated rings. The minimum absolute atomic E-state index is 0.366. The molecule has 0 bridgehead atoms. The Bertz CT molecular complexity index is 763. The first kappa shape index (κ1) is 17.8. The van der Waals surface area contributed by atoms with E-state index in [4.69, 9.17) is 18.8 Å². The van der Waals surface area contributed by atoms with Crippen molar-refractivity contribution in [1.29, 1.82) is 0 Å². The highest BCUT2D eigenvalue weighted by molar-refractivity contribution is 7.11. The highest BCUT2D eigenvalue weighted by Crippen LogP contribution is 2.37. The number of aromatic nitrogens is 2. The fourth-order valence-electron chi connectivity index (χ4n) is 2.37. The highest BCUT2D eigenvalue weighted by atomic mass is 32.1. The van der Waals surface area contributed by atoms with Crippen molar-refractivity contribution < 1.29 is 23.6 Å². The van der Waals surface area contributed by atoms with Gasteiger partial charge in [-0.05, 0) is 45.9 Å². The summed E-state index contributed by atoms with van der Waals surface area (Å²) in [6.45, 7) is 7.80. The normalized spacial score (nSPS) is 18.2. The van der Waals surface area contributed by atoms with Crippen LogP contribution < -0.4 is 10.2 Å². The van der Waals surface area contributed by atoms with Crippen LogP contribution in [0, 0.1) is 0 Å². The van der Waals surface area contributed by atoms with Crippen molar-refractivity contribution in [2.75, 3.05) is 7.11 Å². The lowest BCUT2D eigenvalue weighted by Crippen LogP contribution is -2.41. The van der Waals surface area contributed by atoms with Gasteiger partial charge in [0.2, 0.25) is 0 Å². The molecule has 25 heavy (non-hydrogen) atoms. The van der Waals surface area contributed by atoms with Gasteiger partial charge in [-0.3, -0.25) is 0 Å². The Morgan fingerprint density at radius 2 is 1.88 bits per heavy atom. The molecule has 1 saturated heterocycles. The van der Waals surface area contributed by atoms with Crippen LogP contribution in [0.25, 0.3) is 0 Å². The first-order valence-corrected chi connectivity index (χ1v) is 8.63. The Balaban J connectivity index is 1.98. The molecule has 2 aromatic rings. The third-order valence-corrected chi connectivity index (χ3v) is 5.05. The van der Waals surface area contributed by atoms with Gasteiger partial charge in [-0.1, -0.05) is 16.4 Å². The zero-order valence-electron chi connectivity index (χ0n) is 14.7. The number of hydrogen-bond acceptors (Lipinski definition) is 8. The Morgan fingerprint density at radius 1 is 1.20 bits per heavy atom. The van der Waals surface area contributed by atoms with E-state index in [9.17, 15) is 4.79 Å². The molecule has 0 atom stereocenters. The highest BCUT2D eigenvalue weighted by Gasteiger charge is 2.52. The number of methoxy groups -OCH3 is 1. The molecule has 9 heteroatoms. The van der Waals surface area contributed by atoms with Crippen LogP contribution in [0.3, 0.4) is 0 Å². The second-order valence-corrected chi connectivity index (χ2v) is 7.43. The van der Waals surface area contributed by atoms with Crippen LogP contribution in [0.4, 0.5) is 0 Å². The van der Waals surface area contributed by atoms with Crippen molar-refractivity contribution in [2.24, 2.45) is 0 Å². The van der Waals surface area contributed by atoms with Crippen LogP contribution in [-0.2, 0) is 14.0 Å². The van der Waals surface area contributed by atoms with Crippen molar-refractivity contribution in [3.05, 3.63) is 29.3 Å². The maximum absolute atomic E-state index is 12.1. The van der Waals surface area contributed by atoms with Crippen LogP contribution in [0.15, 0.2) is 23.7 Å². The van der Waals surface area contributed by atoms with E-state index in [1.165, 1.54) is 18.4 Å². The average molecular weight is 362 g/mol. The van der Waals surface area contributed by atoms with Gasteiger partial charge in [0.1, 0.15) is 11.3 Å². The molecule has 1 aromatic heterocycles. The number of carbonyl (C=O) groups excluding carboxylic acids is 1. The van der Waals surface area contributed by atoms with Gasteiger partial charge in [0.15, 0.2) is 0 Å². The molecular weight excluding hydrogens is 343 g/mol. The third kappa shape index (κ3) is 3.40. The van der Waals surface area contributed by atoms with Crippen LogP contribution >= 0.6 is 11.3 Å². The second kappa shape index (κ2) is 6.40. The Hall–Kier alpha value is -1.97. The largest absolute Gasteiger partial charge is 0.495 e. The SMILES string of the molecule is COC(=O)c1ccc(Oc2nncs2)cc1B1OC(C)(C)C(C)(C)O1.